The molecule has 1 aliphatic rings. The summed E-state index contributed by atoms with van der Waals surface area (Å²) < 4.78 is 19.9. The van der Waals surface area contributed by atoms with Crippen molar-refractivity contribution in [3.8, 4) is 22.9 Å². The van der Waals surface area contributed by atoms with Crippen molar-refractivity contribution in [2.24, 2.45) is 5.92 Å². The highest BCUT2D eigenvalue weighted by Crippen LogP contribution is 2.32. The molecule has 0 fully saturated rings. The van der Waals surface area contributed by atoms with Crippen molar-refractivity contribution < 1.29 is 28.3 Å². The number of oxazole rings is 1. The zero-order valence-corrected chi connectivity index (χ0v) is 24.2. The largest absolute Gasteiger partial charge is 0.493 e. The first kappa shape index (κ1) is 29.4. The molecule has 4 aromatic rings. The summed E-state index contributed by atoms with van der Waals surface area (Å²) in [6.45, 7) is 3.74. The Morgan fingerprint density at radius 1 is 1.14 bits per heavy atom. The van der Waals surface area contributed by atoms with E-state index in [0.717, 1.165) is 5.56 Å². The number of ether oxygens (including phenoxy) is 2. The monoisotopic (exact) mass is 590 g/mol. The van der Waals surface area contributed by atoms with Crippen molar-refractivity contribution in [3.63, 3.8) is 0 Å². The average molecular weight is 591 g/mol. The molecule has 2 aromatic carbocycles. The number of benzene rings is 2. The number of carbonyl (C=O) groups is 3. The van der Waals surface area contributed by atoms with Crippen LogP contribution in [0.4, 0.5) is 0 Å². The minimum Gasteiger partial charge on any atom is -0.493 e. The molecule has 3 heterocycles. The summed E-state index contributed by atoms with van der Waals surface area (Å²) in [4.78, 5) is 58.2. The molecule has 3 amide bonds. The highest BCUT2D eigenvalue weighted by atomic mass is 16.5. The molecule has 2 aromatic heterocycles. The lowest BCUT2D eigenvalue weighted by Crippen LogP contribution is -2.53. The topological polar surface area (TPSA) is 150 Å². The number of nitrogens with one attached hydrogen (secondary N) is 2. The second kappa shape index (κ2) is 12.8. The van der Waals surface area contributed by atoms with Gasteiger partial charge in [-0.05, 0) is 36.2 Å². The number of rotatable bonds is 4. The van der Waals surface area contributed by atoms with Crippen LogP contribution in [0.25, 0.3) is 22.5 Å². The number of hydrogen-bond donors (Lipinski definition) is 2. The van der Waals surface area contributed by atoms with E-state index in [1.165, 1.54) is 16.6 Å². The molecule has 0 unspecified atom stereocenters. The summed E-state index contributed by atoms with van der Waals surface area (Å²) in [7, 11) is 1.53. The Labute approximate surface area is 247 Å². The van der Waals surface area contributed by atoms with Crippen molar-refractivity contribution in [3.05, 3.63) is 65.4 Å². The van der Waals surface area contributed by atoms with Crippen LogP contribution in [0.15, 0.2) is 64.1 Å². The zero-order chi connectivity index (χ0) is 30.5. The fourth-order valence-electron chi connectivity index (χ4n) is 4.97. The molecular weight excluding hydrogens is 556 g/mol. The Bertz CT molecular complexity index is 1690. The smallest absolute Gasteiger partial charge is 0.420 e. The third kappa shape index (κ3) is 6.55. The predicted octanol–water partition coefficient (Wildman–Crippen LogP) is 1.64. The van der Waals surface area contributed by atoms with Gasteiger partial charge >= 0.3 is 5.76 Å². The van der Waals surface area contributed by atoms with Crippen molar-refractivity contribution in [1.29, 1.82) is 0 Å². The molecule has 0 spiro atoms. The van der Waals surface area contributed by atoms with Gasteiger partial charge in [0.05, 0.1) is 25.7 Å². The Hall–Kier alpha value is -5.07. The van der Waals surface area contributed by atoms with Crippen LogP contribution in [0, 0.1) is 5.92 Å². The van der Waals surface area contributed by atoms with E-state index in [1.54, 1.807) is 42.6 Å². The van der Waals surface area contributed by atoms with Gasteiger partial charge in [0.25, 0.3) is 0 Å². The van der Waals surface area contributed by atoms with Gasteiger partial charge in [-0.25, -0.2) is 9.78 Å². The number of hydrogen-bond acceptors (Lipinski definition) is 8. The zero-order valence-electron chi connectivity index (χ0n) is 24.2. The van der Waals surface area contributed by atoms with Crippen LogP contribution in [0.3, 0.4) is 0 Å². The number of methoxy groups -OCH3 is 1. The third-order valence-corrected chi connectivity index (χ3v) is 7.23. The second-order valence-corrected chi connectivity index (χ2v) is 10.5. The van der Waals surface area contributed by atoms with Gasteiger partial charge in [-0.2, -0.15) is 0 Å². The third-order valence-electron chi connectivity index (χ3n) is 7.23. The van der Waals surface area contributed by atoms with Crippen molar-refractivity contribution >= 4 is 28.8 Å². The van der Waals surface area contributed by atoms with Gasteiger partial charge in [0.15, 0.2) is 17.1 Å². The Morgan fingerprint density at radius 3 is 2.74 bits per heavy atom. The van der Waals surface area contributed by atoms with E-state index in [0.29, 0.717) is 41.5 Å². The van der Waals surface area contributed by atoms with Crippen LogP contribution >= 0.6 is 0 Å². The lowest BCUT2D eigenvalue weighted by molar-refractivity contribution is -0.138. The van der Waals surface area contributed by atoms with E-state index < -0.39 is 23.6 Å². The predicted molar refractivity (Wildman–Crippen MR) is 157 cm³/mol. The van der Waals surface area contributed by atoms with Gasteiger partial charge in [-0.3, -0.25) is 19.0 Å². The van der Waals surface area contributed by atoms with E-state index in [9.17, 15) is 19.2 Å². The van der Waals surface area contributed by atoms with Gasteiger partial charge in [-0.1, -0.05) is 26.0 Å². The fraction of sp³-hybridized carbons (Fsp3) is 0.367. The first-order chi connectivity index (χ1) is 20.7. The molecule has 43 heavy (non-hydrogen) atoms. The summed E-state index contributed by atoms with van der Waals surface area (Å²) in [6.07, 6.45) is 3.50. The normalized spacial score (nSPS) is 16.7. The van der Waals surface area contributed by atoms with Gasteiger partial charge in [0, 0.05) is 31.0 Å². The SMILES string of the molecule is COc1ccc2cc1OCCN(C(=O)Cn1c(=O)oc3ccccc31)CC(=O)N[C@H](C(C)C)C(=O)NCCn1ccnc1-2. The standard InChI is InChI=1S/C30H34N6O7/c1-19(2)27-29(39)32-11-13-34-12-10-31-28(34)20-8-9-23(41-3)24(16-20)42-15-14-35(17-25(37)33-27)26(38)18-36-21-6-4-5-7-22(21)43-30(36)40/h4-10,12,16,19,27H,11,13-15,17-18H2,1-3H3,(H,32,39)(H,33,37)/t27-/m1/s1. The molecule has 1 aliphatic heterocycles. The van der Waals surface area contributed by atoms with Gasteiger partial charge in [0.2, 0.25) is 17.7 Å². The number of carbonyl (C=O) groups excluding carboxylic acids is 3. The van der Waals surface area contributed by atoms with Gasteiger partial charge in [-0.15, -0.1) is 0 Å². The van der Waals surface area contributed by atoms with Crippen molar-refractivity contribution in [2.75, 3.05) is 33.4 Å². The Balaban J connectivity index is 1.45. The maximum atomic E-state index is 13.6. The molecule has 0 saturated carbocycles. The molecule has 2 N–H and O–H groups in total. The van der Waals surface area contributed by atoms with Crippen LogP contribution < -0.4 is 25.9 Å². The molecular formula is C30H34N6O7. The second-order valence-electron chi connectivity index (χ2n) is 10.5. The lowest BCUT2D eigenvalue weighted by atomic mass is 10.0. The van der Waals surface area contributed by atoms with Crippen LogP contribution in [-0.2, 0) is 27.5 Å². The molecule has 13 nitrogen and oxygen atoms in total. The van der Waals surface area contributed by atoms with E-state index in [-0.39, 0.29) is 38.1 Å². The van der Waals surface area contributed by atoms with E-state index >= 15 is 0 Å². The first-order valence-corrected chi connectivity index (χ1v) is 14.0. The number of para-hydroxylation sites is 2. The number of fused-ring (bicyclic) bond motifs is 5. The molecule has 226 valence electrons. The minimum atomic E-state index is -0.821. The van der Waals surface area contributed by atoms with Crippen molar-refractivity contribution in [1.82, 2.24) is 29.7 Å². The maximum Gasteiger partial charge on any atom is 0.420 e. The van der Waals surface area contributed by atoms with Crippen LogP contribution in [0.1, 0.15) is 13.8 Å². The van der Waals surface area contributed by atoms with Crippen LogP contribution in [0.2, 0.25) is 0 Å². The summed E-state index contributed by atoms with van der Waals surface area (Å²) in [6, 6.07) is 11.4. The molecule has 0 saturated heterocycles. The molecule has 5 rings (SSSR count). The maximum absolute atomic E-state index is 13.6. The number of amides is 3. The number of nitrogens with zero attached hydrogens (tertiary/aromatic N) is 4. The Kier molecular flexibility index (Phi) is 8.79. The number of imidazole rings is 1. The highest BCUT2D eigenvalue weighted by molar-refractivity contribution is 5.90. The summed E-state index contributed by atoms with van der Waals surface area (Å²) in [5.41, 5.74) is 1.58. The quantitative estimate of drug-likeness (QED) is 0.364. The van der Waals surface area contributed by atoms with E-state index in [1.807, 2.05) is 30.7 Å². The average Bonchev–Trinajstić information content (AvgIpc) is 3.58. The van der Waals surface area contributed by atoms with Crippen molar-refractivity contribution in [2.45, 2.75) is 33.0 Å². The molecule has 2 bridgehead atoms. The molecule has 0 aliphatic carbocycles. The minimum absolute atomic E-state index is 0.0112. The van der Waals surface area contributed by atoms with Crippen LogP contribution in [-0.4, -0.2) is 76.1 Å². The molecule has 0 radical (unpaired) electrons. The summed E-state index contributed by atoms with van der Waals surface area (Å²) in [5.74, 6) is -0.664. The van der Waals surface area contributed by atoms with Gasteiger partial charge < -0.3 is 34.0 Å². The van der Waals surface area contributed by atoms with E-state index in [4.69, 9.17) is 13.9 Å². The number of aromatic nitrogens is 3. The summed E-state index contributed by atoms with van der Waals surface area (Å²) in [5, 5.41) is 5.67. The van der Waals surface area contributed by atoms with Gasteiger partial charge in [0.1, 0.15) is 25.0 Å². The van der Waals surface area contributed by atoms with Crippen LogP contribution in [0.5, 0.6) is 11.5 Å². The first-order valence-electron chi connectivity index (χ1n) is 14.0. The lowest BCUT2D eigenvalue weighted by Gasteiger charge is -2.26. The fourth-order valence-corrected chi connectivity index (χ4v) is 4.97. The Morgan fingerprint density at radius 2 is 1.95 bits per heavy atom. The van der Waals surface area contributed by atoms with E-state index in [2.05, 4.69) is 15.6 Å². The summed E-state index contributed by atoms with van der Waals surface area (Å²) >= 11 is 0. The highest BCUT2D eigenvalue weighted by Gasteiger charge is 2.27. The molecule has 1 atom stereocenters. The molecule has 13 heteroatoms.